The highest BCUT2D eigenvalue weighted by Gasteiger charge is 2.37. The van der Waals surface area contributed by atoms with Gasteiger partial charge in [0.15, 0.2) is 0 Å². The van der Waals surface area contributed by atoms with Crippen LogP contribution in [0.15, 0.2) is 146 Å². The molecule has 7 aromatic carbocycles. The van der Waals surface area contributed by atoms with E-state index in [9.17, 15) is 0 Å². The lowest BCUT2D eigenvalue weighted by atomic mass is 9.80. The topological polar surface area (TPSA) is 17.8 Å². The zero-order valence-corrected chi connectivity index (χ0v) is 25.8. The minimum Gasteiger partial charge on any atom is -0.293 e. The van der Waals surface area contributed by atoms with Crippen LogP contribution in [0.4, 0.5) is 0 Å². The van der Waals surface area contributed by atoms with E-state index in [1.807, 2.05) is 6.20 Å². The number of nitrogens with zero attached hydrogens (tertiary/aromatic N) is 2. The predicted octanol–water partition coefficient (Wildman–Crippen LogP) is 11.6. The van der Waals surface area contributed by atoms with Crippen molar-refractivity contribution in [1.29, 1.82) is 0 Å². The lowest BCUT2D eigenvalue weighted by molar-refractivity contribution is 0.661. The highest BCUT2D eigenvalue weighted by Crippen LogP contribution is 2.54. The van der Waals surface area contributed by atoms with E-state index in [4.69, 9.17) is 4.98 Å². The molecular formula is C44H30N2. The van der Waals surface area contributed by atoms with E-state index in [0.717, 1.165) is 11.2 Å². The molecule has 0 saturated carbocycles. The van der Waals surface area contributed by atoms with E-state index < -0.39 is 0 Å². The second-order valence-electron chi connectivity index (χ2n) is 13.1. The number of aromatic nitrogens is 2. The first-order chi connectivity index (χ1) is 22.6. The summed E-state index contributed by atoms with van der Waals surface area (Å²) in [6, 6.07) is 51.3. The van der Waals surface area contributed by atoms with Gasteiger partial charge in [-0.2, -0.15) is 0 Å². The summed E-state index contributed by atoms with van der Waals surface area (Å²) in [5, 5.41) is 9.96. The van der Waals surface area contributed by atoms with Gasteiger partial charge in [-0.15, -0.1) is 0 Å². The second kappa shape index (κ2) is 9.15. The normalized spacial score (nSPS) is 13.6. The fourth-order valence-electron chi connectivity index (χ4n) is 8.34. The van der Waals surface area contributed by atoms with Crippen LogP contribution in [0.1, 0.15) is 25.0 Å². The summed E-state index contributed by atoms with van der Waals surface area (Å²) in [6.45, 7) is 4.75. The number of benzene rings is 7. The molecule has 1 aliphatic rings. The van der Waals surface area contributed by atoms with E-state index in [1.165, 1.54) is 82.1 Å². The quantitative estimate of drug-likeness (QED) is 0.197. The Hall–Kier alpha value is -5.73. The van der Waals surface area contributed by atoms with Crippen LogP contribution in [0.25, 0.3) is 82.2 Å². The summed E-state index contributed by atoms with van der Waals surface area (Å²) in [4.78, 5) is 5.03. The molecule has 0 aliphatic heterocycles. The van der Waals surface area contributed by atoms with E-state index in [-0.39, 0.29) is 5.41 Å². The van der Waals surface area contributed by atoms with Crippen LogP contribution in [-0.4, -0.2) is 9.55 Å². The van der Waals surface area contributed by atoms with Crippen molar-refractivity contribution in [2.75, 3.05) is 0 Å². The fourth-order valence-corrected chi connectivity index (χ4v) is 8.34. The molecular weight excluding hydrogens is 556 g/mol. The molecule has 0 fully saturated rings. The average molecular weight is 587 g/mol. The van der Waals surface area contributed by atoms with E-state index in [0.29, 0.717) is 0 Å². The molecule has 1 aliphatic carbocycles. The zero-order chi connectivity index (χ0) is 30.6. The Bertz CT molecular complexity index is 2720. The fraction of sp³-hybridized carbons (Fsp3) is 0.0682. The van der Waals surface area contributed by atoms with E-state index >= 15 is 0 Å². The Labute approximate surface area is 267 Å². The molecule has 0 saturated heterocycles. The zero-order valence-electron chi connectivity index (χ0n) is 25.8. The molecule has 46 heavy (non-hydrogen) atoms. The van der Waals surface area contributed by atoms with Gasteiger partial charge in [0.25, 0.3) is 0 Å². The third kappa shape index (κ3) is 3.28. The number of fused-ring (bicyclic) bond motifs is 11. The highest BCUT2D eigenvalue weighted by molar-refractivity contribution is 6.25. The molecule has 2 heterocycles. The molecule has 0 bridgehead atoms. The van der Waals surface area contributed by atoms with Crippen LogP contribution < -0.4 is 0 Å². The lowest BCUT2D eigenvalue weighted by Gasteiger charge is -2.23. The molecule has 0 unspecified atom stereocenters. The number of hydrogen-bond acceptors (Lipinski definition) is 1. The molecule has 0 radical (unpaired) electrons. The summed E-state index contributed by atoms with van der Waals surface area (Å²) in [7, 11) is 0. The third-order valence-corrected chi connectivity index (χ3v) is 10.4. The van der Waals surface area contributed by atoms with Crippen LogP contribution in [0, 0.1) is 0 Å². The van der Waals surface area contributed by atoms with Crippen molar-refractivity contribution in [3.8, 4) is 28.1 Å². The number of rotatable bonds is 2. The summed E-state index contributed by atoms with van der Waals surface area (Å²) in [5.74, 6) is 0.959. The molecule has 0 N–H and O–H groups in total. The molecule has 2 aromatic heterocycles. The van der Waals surface area contributed by atoms with Crippen molar-refractivity contribution in [2.24, 2.45) is 0 Å². The maximum absolute atomic E-state index is 5.03. The smallest absolute Gasteiger partial charge is 0.145 e. The van der Waals surface area contributed by atoms with Crippen molar-refractivity contribution < 1.29 is 0 Å². The van der Waals surface area contributed by atoms with Crippen molar-refractivity contribution >= 4 is 54.1 Å². The summed E-state index contributed by atoms with van der Waals surface area (Å²) in [5.41, 5.74) is 10.3. The standard InChI is InChI=1S/C44H30N2/c1-44(2)37-21-11-9-19-33(37)41-31-17-7-5-15-29(31)35(25-38(41)44)36-26-40-42(32-18-8-6-16-30(32)36)34-20-10-12-22-39(34)46(40)43-28-14-4-3-13-27(28)23-24-45-43/h3-26H,1-2H3. The van der Waals surface area contributed by atoms with Crippen LogP contribution >= 0.6 is 0 Å². The number of pyridine rings is 1. The van der Waals surface area contributed by atoms with Crippen LogP contribution in [0.2, 0.25) is 0 Å². The van der Waals surface area contributed by atoms with Crippen molar-refractivity contribution in [3.63, 3.8) is 0 Å². The van der Waals surface area contributed by atoms with Crippen molar-refractivity contribution in [2.45, 2.75) is 19.3 Å². The summed E-state index contributed by atoms with van der Waals surface area (Å²) < 4.78 is 2.39. The van der Waals surface area contributed by atoms with Gasteiger partial charge in [0.2, 0.25) is 0 Å². The van der Waals surface area contributed by atoms with E-state index in [2.05, 4.69) is 158 Å². The first-order valence-corrected chi connectivity index (χ1v) is 16.1. The maximum Gasteiger partial charge on any atom is 0.145 e. The predicted molar refractivity (Wildman–Crippen MR) is 194 cm³/mol. The SMILES string of the molecule is CC1(C)c2ccccc2-c2c1cc(-c1cc3c(c4ccccc14)c1ccccc1n3-c1nccc3ccccc13)c1ccccc21. The highest BCUT2D eigenvalue weighted by atomic mass is 15.1. The molecule has 2 nitrogen and oxygen atoms in total. The molecule has 0 spiro atoms. The lowest BCUT2D eigenvalue weighted by Crippen LogP contribution is -2.15. The summed E-state index contributed by atoms with van der Waals surface area (Å²) in [6.07, 6.45) is 1.94. The van der Waals surface area contributed by atoms with Gasteiger partial charge in [0.05, 0.1) is 11.0 Å². The van der Waals surface area contributed by atoms with Crippen LogP contribution in [0.5, 0.6) is 0 Å². The van der Waals surface area contributed by atoms with Gasteiger partial charge in [0.1, 0.15) is 5.82 Å². The molecule has 9 aromatic rings. The maximum atomic E-state index is 5.03. The Kier molecular flexibility index (Phi) is 5.09. The third-order valence-electron chi connectivity index (χ3n) is 10.4. The van der Waals surface area contributed by atoms with Crippen LogP contribution in [0.3, 0.4) is 0 Å². The van der Waals surface area contributed by atoms with Gasteiger partial charge < -0.3 is 0 Å². The second-order valence-corrected chi connectivity index (χ2v) is 13.1. The minimum absolute atomic E-state index is 0.105. The minimum atomic E-state index is -0.105. The van der Waals surface area contributed by atoms with Gasteiger partial charge in [-0.3, -0.25) is 4.57 Å². The average Bonchev–Trinajstić information content (AvgIpc) is 3.56. The largest absolute Gasteiger partial charge is 0.293 e. The van der Waals surface area contributed by atoms with Crippen molar-refractivity contribution in [1.82, 2.24) is 9.55 Å². The number of para-hydroxylation sites is 1. The molecule has 216 valence electrons. The first kappa shape index (κ1) is 25.6. The van der Waals surface area contributed by atoms with Gasteiger partial charge in [-0.1, -0.05) is 129 Å². The van der Waals surface area contributed by atoms with Gasteiger partial charge in [-0.05, 0) is 84.6 Å². The summed E-state index contributed by atoms with van der Waals surface area (Å²) >= 11 is 0. The Balaban J connectivity index is 1.39. The van der Waals surface area contributed by atoms with Gasteiger partial charge in [-0.25, -0.2) is 4.98 Å². The molecule has 10 rings (SSSR count). The van der Waals surface area contributed by atoms with Gasteiger partial charge in [0, 0.05) is 27.8 Å². The Morgan fingerprint density at radius 1 is 0.478 bits per heavy atom. The van der Waals surface area contributed by atoms with Gasteiger partial charge >= 0.3 is 0 Å². The number of hydrogen-bond donors (Lipinski definition) is 0. The Morgan fingerprint density at radius 3 is 1.91 bits per heavy atom. The Morgan fingerprint density at radius 2 is 1.09 bits per heavy atom. The van der Waals surface area contributed by atoms with Crippen LogP contribution in [-0.2, 0) is 5.41 Å². The van der Waals surface area contributed by atoms with Crippen molar-refractivity contribution in [3.05, 3.63) is 157 Å². The molecule has 0 atom stereocenters. The first-order valence-electron chi connectivity index (χ1n) is 16.1. The molecule has 2 heteroatoms. The molecule has 0 amide bonds. The van der Waals surface area contributed by atoms with E-state index in [1.54, 1.807) is 0 Å². The monoisotopic (exact) mass is 586 g/mol.